The summed E-state index contributed by atoms with van der Waals surface area (Å²) < 4.78 is 16.0. The zero-order chi connectivity index (χ0) is 22.5. The number of carbonyl (C=O) groups is 1. The Morgan fingerprint density at radius 2 is 1.73 bits per heavy atom. The lowest BCUT2D eigenvalue weighted by Gasteiger charge is -2.30. The lowest BCUT2D eigenvalue weighted by Crippen LogP contribution is -2.41. The molecule has 0 aliphatic carbocycles. The smallest absolute Gasteiger partial charge is 0.244 e. The summed E-state index contributed by atoms with van der Waals surface area (Å²) in [5, 5.41) is 5.32. The molecular formula is C27H25FN4O. The SMILES string of the molecule is C[C@@H](c1ccccc1)N1CC[C@H]2CN(c3cccc4c3cnn4-c3ccccc3F)C(=O)[C@H]21. The van der Waals surface area contributed by atoms with Crippen LogP contribution in [0.1, 0.15) is 24.9 Å². The number of halogens is 1. The maximum atomic E-state index is 14.4. The molecule has 1 aromatic heterocycles. The molecule has 5 nitrogen and oxygen atoms in total. The molecule has 3 aromatic carbocycles. The van der Waals surface area contributed by atoms with Crippen LogP contribution in [0.4, 0.5) is 10.1 Å². The number of likely N-dealkylation sites (tertiary alicyclic amines) is 1. The number of benzene rings is 3. The van der Waals surface area contributed by atoms with E-state index in [0.29, 0.717) is 18.2 Å². The van der Waals surface area contributed by atoms with Gasteiger partial charge in [0.1, 0.15) is 11.5 Å². The van der Waals surface area contributed by atoms with E-state index in [0.717, 1.165) is 29.6 Å². The Kier molecular flexibility index (Phi) is 4.76. The standard InChI is InChI=1S/C27H25FN4O/c1-18(19-8-3-2-4-9-19)30-15-14-20-17-31(27(33)26(20)30)23-12-7-13-24-21(23)16-29-32(24)25-11-6-5-10-22(25)28/h2-13,16,18,20,26H,14-15,17H2,1H3/t18-,20-,26-/m0/s1. The molecule has 6 heteroatoms. The monoisotopic (exact) mass is 440 g/mol. The molecule has 4 aromatic rings. The van der Waals surface area contributed by atoms with Gasteiger partial charge in [-0.05, 0) is 49.7 Å². The molecule has 0 saturated carbocycles. The van der Waals surface area contributed by atoms with Gasteiger partial charge in [-0.15, -0.1) is 0 Å². The van der Waals surface area contributed by atoms with Crippen molar-refractivity contribution < 1.29 is 9.18 Å². The average molecular weight is 441 g/mol. The molecule has 0 spiro atoms. The van der Waals surface area contributed by atoms with Gasteiger partial charge in [-0.25, -0.2) is 9.07 Å². The zero-order valence-corrected chi connectivity index (χ0v) is 18.4. The summed E-state index contributed by atoms with van der Waals surface area (Å²) in [7, 11) is 0. The minimum Gasteiger partial charge on any atom is -0.310 e. The Hall–Kier alpha value is -3.51. The van der Waals surface area contributed by atoms with Crippen molar-refractivity contribution in [3.63, 3.8) is 0 Å². The number of amides is 1. The Morgan fingerprint density at radius 1 is 0.970 bits per heavy atom. The van der Waals surface area contributed by atoms with E-state index in [1.165, 1.54) is 11.6 Å². The molecule has 1 amide bonds. The van der Waals surface area contributed by atoms with Crippen molar-refractivity contribution in [1.29, 1.82) is 0 Å². The third kappa shape index (κ3) is 3.16. The van der Waals surface area contributed by atoms with Gasteiger partial charge in [-0.2, -0.15) is 5.10 Å². The van der Waals surface area contributed by atoms with E-state index in [4.69, 9.17) is 0 Å². The number of aromatic nitrogens is 2. The van der Waals surface area contributed by atoms with E-state index in [9.17, 15) is 9.18 Å². The highest BCUT2D eigenvalue weighted by Gasteiger charge is 2.49. The lowest BCUT2D eigenvalue weighted by molar-refractivity contribution is -0.122. The van der Waals surface area contributed by atoms with Crippen LogP contribution < -0.4 is 4.90 Å². The van der Waals surface area contributed by atoms with Crippen molar-refractivity contribution in [1.82, 2.24) is 14.7 Å². The Balaban J connectivity index is 1.35. The lowest BCUT2D eigenvalue weighted by atomic mass is 10.0. The number of para-hydroxylation sites is 1. The first-order chi connectivity index (χ1) is 16.1. The summed E-state index contributed by atoms with van der Waals surface area (Å²) in [4.78, 5) is 18.0. The van der Waals surface area contributed by atoms with E-state index in [-0.39, 0.29) is 23.8 Å². The fourth-order valence-electron chi connectivity index (χ4n) is 5.56. The van der Waals surface area contributed by atoms with Crippen LogP contribution in [-0.2, 0) is 4.79 Å². The van der Waals surface area contributed by atoms with Crippen molar-refractivity contribution in [2.45, 2.75) is 25.4 Å². The van der Waals surface area contributed by atoms with Crippen LogP contribution >= 0.6 is 0 Å². The predicted molar refractivity (Wildman–Crippen MR) is 127 cm³/mol. The number of hydrogen-bond acceptors (Lipinski definition) is 3. The van der Waals surface area contributed by atoms with Crippen molar-refractivity contribution in [2.24, 2.45) is 5.92 Å². The minimum absolute atomic E-state index is 0.114. The first-order valence-electron chi connectivity index (χ1n) is 11.5. The topological polar surface area (TPSA) is 41.4 Å². The third-order valence-electron chi connectivity index (χ3n) is 7.24. The fourth-order valence-corrected chi connectivity index (χ4v) is 5.56. The maximum Gasteiger partial charge on any atom is 0.244 e. The van der Waals surface area contributed by atoms with Crippen LogP contribution in [0.5, 0.6) is 0 Å². The van der Waals surface area contributed by atoms with Gasteiger partial charge >= 0.3 is 0 Å². The minimum atomic E-state index is -0.328. The van der Waals surface area contributed by atoms with Crippen LogP contribution in [0.15, 0.2) is 79.0 Å². The van der Waals surface area contributed by atoms with Gasteiger partial charge in [0, 0.05) is 23.9 Å². The number of carbonyl (C=O) groups excluding carboxylic acids is 1. The van der Waals surface area contributed by atoms with Crippen LogP contribution in [-0.4, -0.2) is 39.7 Å². The average Bonchev–Trinajstić information content (AvgIpc) is 3.54. The number of nitrogens with zero attached hydrogens (tertiary/aromatic N) is 4. The molecule has 3 atom stereocenters. The molecule has 2 aliphatic rings. The molecule has 2 aliphatic heterocycles. The Morgan fingerprint density at radius 3 is 2.55 bits per heavy atom. The maximum absolute atomic E-state index is 14.4. The summed E-state index contributed by atoms with van der Waals surface area (Å²) in [5.74, 6) is 0.122. The first-order valence-corrected chi connectivity index (χ1v) is 11.5. The van der Waals surface area contributed by atoms with Crippen LogP contribution in [0.2, 0.25) is 0 Å². The highest BCUT2D eigenvalue weighted by atomic mass is 19.1. The molecule has 0 N–H and O–H groups in total. The summed E-state index contributed by atoms with van der Waals surface area (Å²) in [6.07, 6.45) is 2.75. The summed E-state index contributed by atoms with van der Waals surface area (Å²) in [6.45, 7) is 3.82. The molecule has 2 fully saturated rings. The van der Waals surface area contributed by atoms with Gasteiger partial charge in [-0.1, -0.05) is 48.5 Å². The normalized spacial score (nSPS) is 21.6. The molecule has 0 radical (unpaired) electrons. The molecule has 3 heterocycles. The van der Waals surface area contributed by atoms with Gasteiger partial charge in [0.15, 0.2) is 0 Å². The largest absolute Gasteiger partial charge is 0.310 e. The quantitative estimate of drug-likeness (QED) is 0.450. The molecule has 0 bridgehead atoms. The second-order valence-electron chi connectivity index (χ2n) is 8.98. The Bertz CT molecular complexity index is 1330. The summed E-state index contributed by atoms with van der Waals surface area (Å²) >= 11 is 0. The summed E-state index contributed by atoms with van der Waals surface area (Å²) in [5.41, 5.74) is 3.27. The van der Waals surface area contributed by atoms with E-state index in [2.05, 4.69) is 41.2 Å². The van der Waals surface area contributed by atoms with Gasteiger partial charge in [0.05, 0.1) is 23.4 Å². The van der Waals surface area contributed by atoms with E-state index in [1.807, 2.05) is 29.2 Å². The fraction of sp³-hybridized carbons (Fsp3) is 0.259. The van der Waals surface area contributed by atoms with Crippen LogP contribution in [0, 0.1) is 11.7 Å². The number of rotatable bonds is 4. The first kappa shape index (κ1) is 20.1. The summed E-state index contributed by atoms with van der Waals surface area (Å²) in [6, 6.07) is 22.9. The molecule has 0 unspecified atom stereocenters. The van der Waals surface area contributed by atoms with Crippen molar-refractivity contribution in [3.05, 3.63) is 90.4 Å². The van der Waals surface area contributed by atoms with Gasteiger partial charge < -0.3 is 4.90 Å². The molecule has 33 heavy (non-hydrogen) atoms. The highest BCUT2D eigenvalue weighted by molar-refractivity contribution is 6.06. The Labute approximate surface area is 192 Å². The van der Waals surface area contributed by atoms with Crippen LogP contribution in [0.25, 0.3) is 16.6 Å². The number of anilines is 1. The third-order valence-corrected chi connectivity index (χ3v) is 7.24. The molecule has 2 saturated heterocycles. The molecule has 166 valence electrons. The number of fused-ring (bicyclic) bond motifs is 2. The van der Waals surface area contributed by atoms with Crippen molar-refractivity contribution in [2.75, 3.05) is 18.0 Å². The second kappa shape index (κ2) is 7.81. The van der Waals surface area contributed by atoms with Gasteiger partial charge in [0.2, 0.25) is 5.91 Å². The van der Waals surface area contributed by atoms with Crippen LogP contribution in [0.3, 0.4) is 0 Å². The van der Waals surface area contributed by atoms with Gasteiger partial charge in [0.25, 0.3) is 0 Å². The number of hydrogen-bond donors (Lipinski definition) is 0. The molecular weight excluding hydrogens is 415 g/mol. The van der Waals surface area contributed by atoms with E-state index >= 15 is 0 Å². The molecule has 6 rings (SSSR count). The van der Waals surface area contributed by atoms with Crippen molar-refractivity contribution in [3.8, 4) is 5.69 Å². The predicted octanol–water partition coefficient (Wildman–Crippen LogP) is 4.96. The van der Waals surface area contributed by atoms with Crippen molar-refractivity contribution >= 4 is 22.5 Å². The highest BCUT2D eigenvalue weighted by Crippen LogP contribution is 2.41. The van der Waals surface area contributed by atoms with E-state index in [1.54, 1.807) is 29.1 Å². The zero-order valence-electron chi connectivity index (χ0n) is 18.4. The van der Waals surface area contributed by atoms with E-state index < -0.39 is 0 Å². The second-order valence-corrected chi connectivity index (χ2v) is 8.98. The van der Waals surface area contributed by atoms with Gasteiger partial charge in [-0.3, -0.25) is 9.69 Å².